The summed E-state index contributed by atoms with van der Waals surface area (Å²) in [6.07, 6.45) is 0.887. The van der Waals surface area contributed by atoms with Gasteiger partial charge >= 0.3 is 11.1 Å². The Hall–Kier alpha value is -3.65. The van der Waals surface area contributed by atoms with Crippen LogP contribution in [-0.4, -0.2) is 78.0 Å². The Morgan fingerprint density at radius 1 is 1.31 bits per heavy atom. The highest BCUT2D eigenvalue weighted by molar-refractivity contribution is 7.18. The van der Waals surface area contributed by atoms with Gasteiger partial charge in [-0.1, -0.05) is 0 Å². The Balaban J connectivity index is 1.28. The number of aromatic nitrogens is 1. The second-order valence-electron chi connectivity index (χ2n) is 8.56. The number of ketones is 1. The predicted octanol–water partition coefficient (Wildman–Crippen LogP) is 2.65. The summed E-state index contributed by atoms with van der Waals surface area (Å²) in [7, 11) is 0. The molecule has 2 fully saturated rings. The maximum atomic E-state index is 15.0. The van der Waals surface area contributed by atoms with Crippen molar-refractivity contribution < 1.29 is 28.4 Å². The topological polar surface area (TPSA) is 138 Å². The van der Waals surface area contributed by atoms with Crippen molar-refractivity contribution in [3.63, 3.8) is 0 Å². The molecule has 4 rings (SSSR count). The van der Waals surface area contributed by atoms with Crippen molar-refractivity contribution in [2.75, 3.05) is 54.4 Å². The highest BCUT2D eigenvalue weighted by Crippen LogP contribution is 2.29. The Morgan fingerprint density at radius 3 is 2.69 bits per heavy atom. The average Bonchev–Trinajstić information content (AvgIpc) is 3.45. The summed E-state index contributed by atoms with van der Waals surface area (Å²) < 4.78 is 20.3. The quantitative estimate of drug-likeness (QED) is 0.390. The number of Topliss-reactive ketones (excluding diaryl/α,β-unsaturated/α-hetero) is 1. The lowest BCUT2D eigenvalue weighted by Crippen LogP contribution is -2.49. The Kier molecular flexibility index (Phi) is 7.74. The van der Waals surface area contributed by atoms with E-state index in [2.05, 4.69) is 10.3 Å². The number of ether oxygens (including phenoxy) is 1. The first kappa shape index (κ1) is 25.4. The van der Waals surface area contributed by atoms with Gasteiger partial charge in [0.15, 0.2) is 5.13 Å². The zero-order chi connectivity index (χ0) is 25.8. The normalized spacial score (nSPS) is 18.3. The van der Waals surface area contributed by atoms with Crippen molar-refractivity contribution in [2.24, 2.45) is 0 Å². The second kappa shape index (κ2) is 11.0. The van der Waals surface area contributed by atoms with Crippen molar-refractivity contribution in [2.45, 2.75) is 25.9 Å². The van der Waals surface area contributed by atoms with Crippen molar-refractivity contribution in [3.8, 4) is 0 Å². The monoisotopic (exact) mass is 520 g/mol. The number of nitrogens with zero attached hydrogens (tertiary/aromatic N) is 5. The summed E-state index contributed by atoms with van der Waals surface area (Å²) in [4.78, 5) is 54.8. The highest BCUT2D eigenvalue weighted by atomic mass is 32.1. The zero-order valence-corrected chi connectivity index (χ0v) is 20.3. The summed E-state index contributed by atoms with van der Waals surface area (Å²) in [6, 6.07) is 4.59. The van der Waals surface area contributed by atoms with Crippen molar-refractivity contribution >= 4 is 50.6 Å². The number of benzene rings is 1. The Labute approximate surface area is 209 Å². The average molecular weight is 521 g/mol. The number of halogens is 1. The number of carbonyl (C=O) groups is 3. The third-order valence-electron chi connectivity index (χ3n) is 5.94. The van der Waals surface area contributed by atoms with Gasteiger partial charge in [0.1, 0.15) is 23.9 Å². The van der Waals surface area contributed by atoms with E-state index in [0.717, 1.165) is 17.5 Å². The molecule has 0 spiro atoms. The number of cyclic esters (lactones) is 1. The molecule has 1 aromatic carbocycles. The summed E-state index contributed by atoms with van der Waals surface area (Å²) in [5, 5.41) is 13.3. The van der Waals surface area contributed by atoms with Crippen LogP contribution in [0.2, 0.25) is 0 Å². The van der Waals surface area contributed by atoms with Crippen LogP contribution in [0.15, 0.2) is 24.4 Å². The molecule has 3 heterocycles. The fourth-order valence-corrected chi connectivity index (χ4v) is 4.73. The Bertz CT molecular complexity index is 1170. The third-order valence-corrected chi connectivity index (χ3v) is 6.80. The third kappa shape index (κ3) is 6.12. The van der Waals surface area contributed by atoms with E-state index in [1.54, 1.807) is 12.1 Å². The largest absolute Gasteiger partial charge is 0.444 e. The molecular weight excluding hydrogens is 495 g/mol. The van der Waals surface area contributed by atoms with Gasteiger partial charge in [-0.2, -0.15) is 0 Å². The minimum atomic E-state index is -0.567. The number of carbonyl (C=O) groups excluding carboxylic acids is 3. The van der Waals surface area contributed by atoms with Crippen molar-refractivity contribution in [3.05, 3.63) is 40.3 Å². The standard InChI is InChI=1S/C22H25FN6O6S/c1-14(30)2-4-16-12-28(22(32)35-16)15-3-5-18(17(23)10-15)27-8-6-26(7-9-27)13-19(31)25-21-24-11-20(36-21)29(33)34/h3,5,10-11,16H,2,4,6-9,12-13H2,1H3,(H,24,25,31)/t16-/m0/s1. The number of anilines is 3. The minimum Gasteiger partial charge on any atom is -0.444 e. The fourth-order valence-electron chi connectivity index (χ4n) is 4.08. The van der Waals surface area contributed by atoms with Gasteiger partial charge < -0.3 is 19.7 Å². The molecule has 0 radical (unpaired) electrons. The molecule has 2 aromatic rings. The SMILES string of the molecule is CC(=O)CC[C@H]1CN(c2ccc(N3CCN(CC(=O)Nc4ncc([N+](=O)[O-])s4)CC3)c(F)c2)C(=O)O1. The molecule has 36 heavy (non-hydrogen) atoms. The fraction of sp³-hybridized carbons (Fsp3) is 0.455. The van der Waals surface area contributed by atoms with Crippen LogP contribution in [0.5, 0.6) is 0 Å². The maximum Gasteiger partial charge on any atom is 0.414 e. The molecule has 2 aliphatic rings. The summed E-state index contributed by atoms with van der Waals surface area (Å²) in [5.41, 5.74) is 0.794. The molecule has 2 amide bonds. The number of amides is 2. The molecule has 1 N–H and O–H groups in total. The predicted molar refractivity (Wildman–Crippen MR) is 130 cm³/mol. The molecule has 1 aromatic heterocycles. The number of piperazine rings is 1. The number of nitrogens with one attached hydrogen (secondary N) is 1. The maximum absolute atomic E-state index is 15.0. The molecule has 12 nitrogen and oxygen atoms in total. The van der Waals surface area contributed by atoms with Crippen molar-refractivity contribution in [1.29, 1.82) is 0 Å². The number of hydrogen-bond donors (Lipinski definition) is 1. The summed E-state index contributed by atoms with van der Waals surface area (Å²) in [5.74, 6) is -0.780. The minimum absolute atomic E-state index is 0.0198. The summed E-state index contributed by atoms with van der Waals surface area (Å²) >= 11 is 0.788. The lowest BCUT2D eigenvalue weighted by atomic mass is 10.1. The lowest BCUT2D eigenvalue weighted by Gasteiger charge is -2.36. The van der Waals surface area contributed by atoms with E-state index in [1.165, 1.54) is 17.9 Å². The van der Waals surface area contributed by atoms with Crippen LogP contribution >= 0.6 is 11.3 Å². The molecule has 0 unspecified atom stereocenters. The number of hydrogen-bond acceptors (Lipinski definition) is 10. The van der Waals surface area contributed by atoms with Crippen LogP contribution < -0.4 is 15.1 Å². The number of thiazole rings is 1. The number of rotatable bonds is 9. The van der Waals surface area contributed by atoms with Gasteiger partial charge in [0.25, 0.3) is 0 Å². The molecule has 0 aliphatic carbocycles. The molecule has 0 saturated carbocycles. The second-order valence-corrected chi connectivity index (χ2v) is 9.57. The van der Waals surface area contributed by atoms with E-state index in [0.29, 0.717) is 50.4 Å². The van der Waals surface area contributed by atoms with Gasteiger partial charge in [-0.15, -0.1) is 0 Å². The van der Waals surface area contributed by atoms with Gasteiger partial charge in [-0.3, -0.25) is 24.7 Å². The first-order valence-electron chi connectivity index (χ1n) is 11.3. The molecular formula is C22H25FN6O6S. The van der Waals surface area contributed by atoms with Crippen LogP contribution in [0.1, 0.15) is 19.8 Å². The first-order valence-corrected chi connectivity index (χ1v) is 12.2. The van der Waals surface area contributed by atoms with Crippen LogP contribution in [0.4, 0.5) is 30.7 Å². The van der Waals surface area contributed by atoms with E-state index in [4.69, 9.17) is 4.74 Å². The van der Waals surface area contributed by atoms with E-state index >= 15 is 0 Å². The summed E-state index contributed by atoms with van der Waals surface area (Å²) in [6.45, 7) is 3.85. The van der Waals surface area contributed by atoms with Gasteiger partial charge in [0.2, 0.25) is 5.91 Å². The first-order chi connectivity index (χ1) is 17.2. The van der Waals surface area contributed by atoms with Crippen molar-refractivity contribution in [1.82, 2.24) is 9.88 Å². The molecule has 0 bridgehead atoms. The van der Waals surface area contributed by atoms with E-state index in [-0.39, 0.29) is 34.9 Å². The van der Waals surface area contributed by atoms with Gasteiger partial charge in [-0.25, -0.2) is 14.2 Å². The Morgan fingerprint density at radius 2 is 2.06 bits per heavy atom. The van der Waals surface area contributed by atoms with Crippen LogP contribution in [0, 0.1) is 15.9 Å². The van der Waals surface area contributed by atoms with Crippen LogP contribution in [0.25, 0.3) is 0 Å². The molecule has 2 saturated heterocycles. The van der Waals surface area contributed by atoms with Crippen LogP contribution in [-0.2, 0) is 14.3 Å². The molecule has 192 valence electrons. The van der Waals surface area contributed by atoms with Gasteiger partial charge in [0, 0.05) is 32.6 Å². The van der Waals surface area contributed by atoms with E-state index in [1.807, 2.05) is 9.80 Å². The van der Waals surface area contributed by atoms with Gasteiger partial charge in [-0.05, 0) is 42.9 Å². The van der Waals surface area contributed by atoms with E-state index < -0.39 is 22.9 Å². The molecule has 14 heteroatoms. The lowest BCUT2D eigenvalue weighted by molar-refractivity contribution is -0.380. The molecule has 1 atom stereocenters. The smallest absolute Gasteiger partial charge is 0.414 e. The molecule has 2 aliphatic heterocycles. The zero-order valence-electron chi connectivity index (χ0n) is 19.5. The van der Waals surface area contributed by atoms with E-state index in [9.17, 15) is 28.9 Å². The van der Waals surface area contributed by atoms with Crippen LogP contribution in [0.3, 0.4) is 0 Å². The van der Waals surface area contributed by atoms with Gasteiger partial charge in [0.05, 0.1) is 29.4 Å². The highest BCUT2D eigenvalue weighted by Gasteiger charge is 2.33. The number of nitro groups is 1.